The van der Waals surface area contributed by atoms with E-state index in [9.17, 15) is 8.42 Å². The Kier molecular flexibility index (Phi) is 2.05. The van der Waals surface area contributed by atoms with Crippen LogP contribution < -0.4 is 0 Å². The molecule has 2 aliphatic rings. The van der Waals surface area contributed by atoms with Gasteiger partial charge in [-0.05, 0) is 18.4 Å². The van der Waals surface area contributed by atoms with Gasteiger partial charge in [0.15, 0.2) is 9.84 Å². The molecular weight excluding hydrogens is 198 g/mol. The number of hydrogen-bond donors (Lipinski definition) is 0. The molecule has 0 aromatic rings. The zero-order chi connectivity index (χ0) is 10.6. The van der Waals surface area contributed by atoms with Crippen molar-refractivity contribution in [3.63, 3.8) is 0 Å². The molecule has 0 aromatic carbocycles. The van der Waals surface area contributed by atoms with E-state index in [-0.39, 0.29) is 11.3 Å². The van der Waals surface area contributed by atoms with Gasteiger partial charge >= 0.3 is 0 Å². The van der Waals surface area contributed by atoms with Crippen molar-refractivity contribution in [2.75, 3.05) is 26.9 Å². The van der Waals surface area contributed by atoms with E-state index in [2.05, 4.69) is 33.3 Å². The van der Waals surface area contributed by atoms with Crippen LogP contribution in [0.1, 0.15) is 6.42 Å². The third kappa shape index (κ3) is 1.41. The highest BCUT2D eigenvalue weighted by Gasteiger charge is 2.54. The molecule has 0 saturated carbocycles. The summed E-state index contributed by atoms with van der Waals surface area (Å²) in [6.45, 7) is 0. The van der Waals surface area contributed by atoms with Gasteiger partial charge in [0.1, 0.15) is 11.3 Å². The molecule has 1 aliphatic carbocycles. The summed E-state index contributed by atoms with van der Waals surface area (Å²) in [5, 5.41) is -0.118. The van der Waals surface area contributed by atoms with Gasteiger partial charge < -0.3 is 4.48 Å². The van der Waals surface area contributed by atoms with Crippen LogP contribution in [-0.4, -0.2) is 51.1 Å². The molecule has 3 atom stereocenters. The third-order valence-corrected chi connectivity index (χ3v) is 5.71. The molecule has 0 N–H and O–H groups in total. The van der Waals surface area contributed by atoms with Crippen molar-refractivity contribution in [2.45, 2.75) is 17.7 Å². The molecule has 0 aromatic heterocycles. The van der Waals surface area contributed by atoms with Gasteiger partial charge in [-0.15, -0.1) is 0 Å². The number of allylic oxidation sites excluding steroid dienone is 1. The molecule has 0 bridgehead atoms. The molecular formula is C10H18NO2S+. The van der Waals surface area contributed by atoms with Gasteiger partial charge in [-0.3, -0.25) is 0 Å². The average Bonchev–Trinajstić information content (AvgIpc) is 2.00. The molecule has 4 heteroatoms. The summed E-state index contributed by atoms with van der Waals surface area (Å²) in [4.78, 5) is 0. The Labute approximate surface area is 85.9 Å². The Morgan fingerprint density at radius 3 is 2.36 bits per heavy atom. The number of hydrogen-bond acceptors (Lipinski definition) is 2. The van der Waals surface area contributed by atoms with Crippen LogP contribution in [0.25, 0.3) is 0 Å². The van der Waals surface area contributed by atoms with Crippen molar-refractivity contribution in [3.05, 3.63) is 12.2 Å². The zero-order valence-corrected chi connectivity index (χ0v) is 9.79. The number of sulfone groups is 1. The lowest BCUT2D eigenvalue weighted by Gasteiger charge is -2.47. The fourth-order valence-corrected chi connectivity index (χ4v) is 5.05. The maximum absolute atomic E-state index is 11.7. The first-order chi connectivity index (χ1) is 6.32. The lowest BCUT2D eigenvalue weighted by atomic mass is 9.89. The van der Waals surface area contributed by atoms with E-state index in [4.69, 9.17) is 0 Å². The predicted molar refractivity (Wildman–Crippen MR) is 56.6 cm³/mol. The van der Waals surface area contributed by atoms with Crippen LogP contribution in [0.3, 0.4) is 0 Å². The Morgan fingerprint density at radius 2 is 1.93 bits per heavy atom. The number of rotatable bonds is 1. The quantitative estimate of drug-likeness (QED) is 0.471. The smallest absolute Gasteiger partial charge is 0.159 e. The minimum absolute atomic E-state index is 0.118. The van der Waals surface area contributed by atoms with Gasteiger partial charge in [0, 0.05) is 0 Å². The van der Waals surface area contributed by atoms with Crippen molar-refractivity contribution in [1.82, 2.24) is 0 Å². The van der Waals surface area contributed by atoms with Crippen molar-refractivity contribution < 1.29 is 12.9 Å². The number of likely N-dealkylation sites (N-methyl/N-ethyl adjacent to an activating group) is 1. The van der Waals surface area contributed by atoms with E-state index in [1.54, 1.807) is 0 Å². The van der Waals surface area contributed by atoms with Crippen molar-refractivity contribution in [1.29, 1.82) is 0 Å². The van der Waals surface area contributed by atoms with Crippen molar-refractivity contribution >= 4 is 9.84 Å². The minimum Gasteiger partial charge on any atom is -0.324 e. The molecule has 0 amide bonds. The number of fused-ring (bicyclic) bond motifs is 1. The minimum atomic E-state index is -2.78. The molecule has 0 unspecified atom stereocenters. The molecule has 1 saturated heterocycles. The Morgan fingerprint density at radius 1 is 1.29 bits per heavy atom. The van der Waals surface area contributed by atoms with E-state index in [1.165, 1.54) is 0 Å². The molecule has 1 aliphatic heterocycles. The van der Waals surface area contributed by atoms with Crippen LogP contribution in [0.15, 0.2) is 12.2 Å². The first-order valence-electron chi connectivity index (χ1n) is 5.02. The van der Waals surface area contributed by atoms with Crippen LogP contribution in [0, 0.1) is 5.92 Å². The second-order valence-corrected chi connectivity index (χ2v) is 7.53. The van der Waals surface area contributed by atoms with E-state index in [0.717, 1.165) is 6.42 Å². The summed E-state index contributed by atoms with van der Waals surface area (Å²) in [6.07, 6.45) is 5.17. The molecule has 1 heterocycles. The van der Waals surface area contributed by atoms with Crippen LogP contribution >= 0.6 is 0 Å². The normalized spacial score (nSPS) is 40.1. The largest absolute Gasteiger partial charge is 0.324 e. The lowest BCUT2D eigenvalue weighted by molar-refractivity contribution is -0.889. The maximum atomic E-state index is 11.7. The Balaban J connectivity index is 2.33. The van der Waals surface area contributed by atoms with E-state index < -0.39 is 9.84 Å². The summed E-state index contributed by atoms with van der Waals surface area (Å²) in [7, 11) is 3.40. The molecule has 3 nitrogen and oxygen atoms in total. The number of nitrogens with zero attached hydrogens (tertiary/aromatic N) is 1. The summed E-state index contributed by atoms with van der Waals surface area (Å²) >= 11 is 0. The summed E-state index contributed by atoms with van der Waals surface area (Å²) in [5.41, 5.74) is 0. The molecule has 1 fully saturated rings. The summed E-state index contributed by atoms with van der Waals surface area (Å²) in [5.74, 6) is 0.783. The highest BCUT2D eigenvalue weighted by molar-refractivity contribution is 7.93. The first kappa shape index (κ1) is 10.2. The molecule has 14 heavy (non-hydrogen) atoms. The fourth-order valence-electron chi connectivity index (χ4n) is 2.57. The summed E-state index contributed by atoms with van der Waals surface area (Å²) < 4.78 is 24.0. The molecule has 0 radical (unpaired) electrons. The monoisotopic (exact) mass is 216 g/mol. The second-order valence-electron chi connectivity index (χ2n) is 5.32. The van der Waals surface area contributed by atoms with Gasteiger partial charge in [-0.2, -0.15) is 0 Å². The molecule has 0 spiro atoms. The zero-order valence-electron chi connectivity index (χ0n) is 8.97. The second kappa shape index (κ2) is 2.83. The third-order valence-electron chi connectivity index (χ3n) is 3.33. The van der Waals surface area contributed by atoms with Crippen LogP contribution in [0.4, 0.5) is 0 Å². The Bertz CT molecular complexity index is 364. The standard InChI is InChI=1S/C10H18NO2S/c1-11(2,3)9-6-4-5-8-7-14(12,13)10(8)9/h4,6,8-10H,5,7H2,1-3H3/q+1/t8-,9-,10+/m1/s1. The van der Waals surface area contributed by atoms with Crippen LogP contribution in [0.2, 0.25) is 0 Å². The van der Waals surface area contributed by atoms with Crippen LogP contribution in [-0.2, 0) is 9.84 Å². The highest BCUT2D eigenvalue weighted by Crippen LogP contribution is 2.39. The van der Waals surface area contributed by atoms with Crippen molar-refractivity contribution in [3.8, 4) is 0 Å². The average molecular weight is 216 g/mol. The predicted octanol–water partition coefficient (Wildman–Crippen LogP) is 0.434. The SMILES string of the molecule is C[N+](C)(C)[C@@H]1C=CC[C@@H]2CS(=O)(=O)[C@@H]21. The summed E-state index contributed by atoms with van der Waals surface area (Å²) in [6, 6.07) is 0.146. The molecule has 2 rings (SSSR count). The molecule has 80 valence electrons. The van der Waals surface area contributed by atoms with Gasteiger partial charge in [0.05, 0.1) is 26.9 Å². The first-order valence-corrected chi connectivity index (χ1v) is 6.73. The highest BCUT2D eigenvalue weighted by atomic mass is 32.2. The van der Waals surface area contributed by atoms with E-state index in [1.807, 2.05) is 0 Å². The topological polar surface area (TPSA) is 34.1 Å². The lowest BCUT2D eigenvalue weighted by Crippen LogP contribution is -2.63. The number of quaternary nitrogens is 1. The van der Waals surface area contributed by atoms with Gasteiger partial charge in [0.25, 0.3) is 0 Å². The van der Waals surface area contributed by atoms with Gasteiger partial charge in [0.2, 0.25) is 0 Å². The van der Waals surface area contributed by atoms with Gasteiger partial charge in [-0.25, -0.2) is 8.42 Å². The maximum Gasteiger partial charge on any atom is 0.159 e. The van der Waals surface area contributed by atoms with Crippen LogP contribution in [0.5, 0.6) is 0 Å². The van der Waals surface area contributed by atoms with Crippen molar-refractivity contribution in [2.24, 2.45) is 5.92 Å². The fraction of sp³-hybridized carbons (Fsp3) is 0.800. The Hall–Kier alpha value is -0.350. The van der Waals surface area contributed by atoms with E-state index in [0.29, 0.717) is 16.2 Å². The van der Waals surface area contributed by atoms with E-state index >= 15 is 0 Å². The van der Waals surface area contributed by atoms with Gasteiger partial charge in [-0.1, -0.05) is 6.08 Å².